The van der Waals surface area contributed by atoms with E-state index in [2.05, 4.69) is 10.1 Å². The SMILES string of the molecule is CCc1c(Oc2nc(OC)ccc2[N+](=O)[O-])nn(C(N)=O)c1C. The highest BCUT2D eigenvalue weighted by Crippen LogP contribution is 2.33. The van der Waals surface area contributed by atoms with Crippen LogP contribution >= 0.6 is 0 Å². The predicted molar refractivity (Wildman–Crippen MR) is 78.8 cm³/mol. The molecule has 2 aromatic rings. The van der Waals surface area contributed by atoms with E-state index in [0.29, 0.717) is 17.7 Å². The second kappa shape index (κ2) is 6.30. The van der Waals surface area contributed by atoms with E-state index in [1.54, 1.807) is 6.92 Å². The third-order valence-corrected chi connectivity index (χ3v) is 3.18. The Kier molecular flexibility index (Phi) is 4.44. The number of hydrogen-bond donors (Lipinski definition) is 1. The number of nitrogens with two attached hydrogens (primary N) is 1. The lowest BCUT2D eigenvalue weighted by atomic mass is 10.2. The summed E-state index contributed by atoms with van der Waals surface area (Å²) in [5.74, 6) is -0.0967. The number of carbonyl (C=O) groups excluding carboxylic acids is 1. The van der Waals surface area contributed by atoms with Crippen LogP contribution in [0.15, 0.2) is 12.1 Å². The lowest BCUT2D eigenvalue weighted by Crippen LogP contribution is -2.22. The van der Waals surface area contributed by atoms with E-state index >= 15 is 0 Å². The molecule has 0 spiro atoms. The largest absolute Gasteiger partial charge is 0.481 e. The fraction of sp³-hybridized carbons (Fsp3) is 0.308. The smallest absolute Gasteiger partial charge is 0.339 e. The molecule has 122 valence electrons. The third-order valence-electron chi connectivity index (χ3n) is 3.18. The number of ether oxygens (including phenoxy) is 2. The van der Waals surface area contributed by atoms with E-state index in [9.17, 15) is 14.9 Å². The summed E-state index contributed by atoms with van der Waals surface area (Å²) in [4.78, 5) is 25.7. The average Bonchev–Trinajstić information content (AvgIpc) is 2.82. The summed E-state index contributed by atoms with van der Waals surface area (Å²) in [5.41, 5.74) is 5.98. The molecule has 2 N–H and O–H groups in total. The maximum Gasteiger partial charge on any atom is 0.339 e. The van der Waals surface area contributed by atoms with Gasteiger partial charge in [-0.1, -0.05) is 6.92 Å². The number of aromatic nitrogens is 3. The number of rotatable bonds is 5. The summed E-state index contributed by atoms with van der Waals surface area (Å²) >= 11 is 0. The fourth-order valence-electron chi connectivity index (χ4n) is 2.05. The van der Waals surface area contributed by atoms with Crippen molar-refractivity contribution in [3.05, 3.63) is 33.5 Å². The van der Waals surface area contributed by atoms with E-state index in [0.717, 1.165) is 4.68 Å². The number of carbonyl (C=O) groups is 1. The number of hydrogen-bond acceptors (Lipinski definition) is 7. The van der Waals surface area contributed by atoms with Crippen LogP contribution in [0, 0.1) is 17.0 Å². The van der Waals surface area contributed by atoms with Gasteiger partial charge in [-0.3, -0.25) is 10.1 Å². The summed E-state index contributed by atoms with van der Waals surface area (Å²) in [5, 5.41) is 15.0. The lowest BCUT2D eigenvalue weighted by molar-refractivity contribution is -0.386. The van der Waals surface area contributed by atoms with Gasteiger partial charge in [-0.15, -0.1) is 5.10 Å². The molecular formula is C13H15N5O5. The van der Waals surface area contributed by atoms with Crippen molar-refractivity contribution in [2.24, 2.45) is 5.73 Å². The Balaban J connectivity index is 2.52. The Morgan fingerprint density at radius 3 is 2.65 bits per heavy atom. The van der Waals surface area contributed by atoms with Gasteiger partial charge in [0.05, 0.1) is 17.7 Å². The zero-order valence-electron chi connectivity index (χ0n) is 12.8. The summed E-state index contributed by atoms with van der Waals surface area (Å²) in [6, 6.07) is 1.78. The molecule has 0 fully saturated rings. The Morgan fingerprint density at radius 2 is 2.13 bits per heavy atom. The van der Waals surface area contributed by atoms with Crippen LogP contribution in [0.1, 0.15) is 18.2 Å². The van der Waals surface area contributed by atoms with E-state index in [1.807, 2.05) is 6.92 Å². The highest BCUT2D eigenvalue weighted by Gasteiger charge is 2.23. The number of nitro groups is 1. The number of amides is 1. The van der Waals surface area contributed by atoms with Gasteiger partial charge in [0.25, 0.3) is 0 Å². The third kappa shape index (κ3) is 3.05. The maximum absolute atomic E-state index is 11.4. The van der Waals surface area contributed by atoms with Crippen molar-refractivity contribution in [1.29, 1.82) is 0 Å². The minimum Gasteiger partial charge on any atom is -0.481 e. The van der Waals surface area contributed by atoms with Crippen LogP contribution < -0.4 is 15.2 Å². The lowest BCUT2D eigenvalue weighted by Gasteiger charge is -2.06. The number of methoxy groups -OCH3 is 1. The van der Waals surface area contributed by atoms with Crippen molar-refractivity contribution in [1.82, 2.24) is 14.8 Å². The molecule has 2 heterocycles. The molecule has 10 heteroatoms. The molecule has 2 rings (SSSR count). The van der Waals surface area contributed by atoms with E-state index in [1.165, 1.54) is 19.2 Å². The molecule has 0 radical (unpaired) electrons. The Morgan fingerprint density at radius 1 is 1.43 bits per heavy atom. The van der Waals surface area contributed by atoms with E-state index < -0.39 is 11.0 Å². The van der Waals surface area contributed by atoms with Crippen LogP contribution in [0.5, 0.6) is 17.6 Å². The fourth-order valence-corrected chi connectivity index (χ4v) is 2.05. The Labute approximate surface area is 131 Å². The molecule has 10 nitrogen and oxygen atoms in total. The summed E-state index contributed by atoms with van der Waals surface area (Å²) in [7, 11) is 1.38. The van der Waals surface area contributed by atoms with Crippen molar-refractivity contribution >= 4 is 11.7 Å². The predicted octanol–water partition coefficient (Wildman–Crippen LogP) is 1.78. The molecule has 0 aliphatic heterocycles. The van der Waals surface area contributed by atoms with Crippen LogP contribution in [0.4, 0.5) is 10.5 Å². The molecular weight excluding hydrogens is 306 g/mol. The van der Waals surface area contributed by atoms with Gasteiger partial charge in [0.1, 0.15) is 0 Å². The second-order valence-corrected chi connectivity index (χ2v) is 4.51. The topological polar surface area (TPSA) is 135 Å². The Hall–Kier alpha value is -3.17. The summed E-state index contributed by atoms with van der Waals surface area (Å²) in [6.45, 7) is 3.48. The highest BCUT2D eigenvalue weighted by atomic mass is 16.6. The van der Waals surface area contributed by atoms with Crippen molar-refractivity contribution in [2.75, 3.05) is 7.11 Å². The Bertz CT molecular complexity index is 770. The van der Waals surface area contributed by atoms with Crippen LogP contribution in [-0.2, 0) is 6.42 Å². The van der Waals surface area contributed by atoms with Crippen molar-refractivity contribution in [2.45, 2.75) is 20.3 Å². The molecule has 0 aromatic carbocycles. The first-order valence-corrected chi connectivity index (χ1v) is 6.64. The van der Waals surface area contributed by atoms with Gasteiger partial charge < -0.3 is 15.2 Å². The minimum atomic E-state index is -0.778. The maximum atomic E-state index is 11.4. The highest BCUT2D eigenvalue weighted by molar-refractivity contribution is 5.75. The molecule has 1 amide bonds. The molecule has 0 unspecified atom stereocenters. The molecule has 0 atom stereocenters. The van der Waals surface area contributed by atoms with Gasteiger partial charge in [0.15, 0.2) is 0 Å². The second-order valence-electron chi connectivity index (χ2n) is 4.51. The minimum absolute atomic E-state index is 0.0349. The van der Waals surface area contributed by atoms with E-state index in [-0.39, 0.29) is 23.3 Å². The van der Waals surface area contributed by atoms with Crippen LogP contribution in [0.25, 0.3) is 0 Å². The van der Waals surface area contributed by atoms with Crippen LogP contribution in [0.2, 0.25) is 0 Å². The van der Waals surface area contributed by atoms with Gasteiger partial charge in [-0.2, -0.15) is 9.67 Å². The average molecular weight is 321 g/mol. The summed E-state index contributed by atoms with van der Waals surface area (Å²) in [6.07, 6.45) is 0.492. The molecule has 2 aromatic heterocycles. The van der Waals surface area contributed by atoms with Gasteiger partial charge in [0, 0.05) is 17.7 Å². The molecule has 23 heavy (non-hydrogen) atoms. The van der Waals surface area contributed by atoms with Crippen LogP contribution in [0.3, 0.4) is 0 Å². The number of nitrogens with zero attached hydrogens (tertiary/aromatic N) is 4. The number of pyridine rings is 1. The monoisotopic (exact) mass is 321 g/mol. The standard InChI is InChI=1S/C13H15N5O5/c1-4-8-7(2)17(13(14)19)16-11(8)23-12-9(18(20)21)5-6-10(15-12)22-3/h5-6H,4H2,1-3H3,(H2,14,19). The molecule has 0 aliphatic carbocycles. The van der Waals surface area contributed by atoms with Gasteiger partial charge in [0.2, 0.25) is 11.8 Å². The first-order chi connectivity index (χ1) is 10.9. The zero-order valence-corrected chi connectivity index (χ0v) is 12.8. The molecule has 0 aliphatic rings. The van der Waals surface area contributed by atoms with E-state index in [4.69, 9.17) is 15.2 Å². The van der Waals surface area contributed by atoms with Gasteiger partial charge in [-0.05, 0) is 13.3 Å². The quantitative estimate of drug-likeness (QED) is 0.654. The molecule has 0 saturated heterocycles. The van der Waals surface area contributed by atoms with Crippen molar-refractivity contribution < 1.29 is 19.2 Å². The number of primary amides is 1. The van der Waals surface area contributed by atoms with Crippen molar-refractivity contribution in [3.63, 3.8) is 0 Å². The first-order valence-electron chi connectivity index (χ1n) is 6.64. The van der Waals surface area contributed by atoms with Crippen molar-refractivity contribution in [3.8, 4) is 17.6 Å². The normalized spacial score (nSPS) is 10.4. The molecule has 0 bridgehead atoms. The first kappa shape index (κ1) is 16.2. The van der Waals surface area contributed by atoms with Crippen LogP contribution in [-0.4, -0.2) is 32.8 Å². The molecule has 0 saturated carbocycles. The van der Waals surface area contributed by atoms with Gasteiger partial charge >= 0.3 is 17.6 Å². The van der Waals surface area contributed by atoms with Gasteiger partial charge in [-0.25, -0.2) is 4.79 Å². The summed E-state index contributed by atoms with van der Waals surface area (Å²) < 4.78 is 11.4. The zero-order chi connectivity index (χ0) is 17.1.